The van der Waals surface area contributed by atoms with Crippen molar-refractivity contribution in [2.45, 2.75) is 32.1 Å². The number of benzene rings is 1. The minimum Gasteiger partial charge on any atom is -0.325 e. The molecule has 2 rings (SSSR count). The van der Waals surface area contributed by atoms with E-state index >= 15 is 0 Å². The molecule has 2 N–H and O–H groups in total. The zero-order valence-electron chi connectivity index (χ0n) is 14.8. The van der Waals surface area contributed by atoms with Crippen molar-refractivity contribution in [1.29, 1.82) is 0 Å². The van der Waals surface area contributed by atoms with E-state index in [-0.39, 0.29) is 10.8 Å². The van der Waals surface area contributed by atoms with Gasteiger partial charge in [0.05, 0.1) is 11.4 Å². The van der Waals surface area contributed by atoms with E-state index in [1.807, 2.05) is 0 Å². The summed E-state index contributed by atoms with van der Waals surface area (Å²) in [6.45, 7) is 8.31. The first kappa shape index (κ1) is 18.9. The fourth-order valence-corrected chi connectivity index (χ4v) is 4.40. The van der Waals surface area contributed by atoms with E-state index in [4.69, 9.17) is 0 Å². The molecule has 0 radical (unpaired) electrons. The Morgan fingerprint density at radius 2 is 1.88 bits per heavy atom. The number of hydrogen-bond acceptors (Lipinski definition) is 4. The number of amides is 1. The number of anilines is 1. The van der Waals surface area contributed by atoms with Crippen LogP contribution in [-0.4, -0.2) is 45.9 Å². The van der Waals surface area contributed by atoms with Gasteiger partial charge in [0.1, 0.15) is 0 Å². The summed E-state index contributed by atoms with van der Waals surface area (Å²) in [6, 6.07) is 4.93. The van der Waals surface area contributed by atoms with Gasteiger partial charge in [0.15, 0.2) is 0 Å². The van der Waals surface area contributed by atoms with Crippen LogP contribution in [0, 0.1) is 18.8 Å². The molecule has 1 heterocycles. The number of aryl methyl sites for hydroxylation is 1. The summed E-state index contributed by atoms with van der Waals surface area (Å²) in [6.07, 6.45) is 1.20. The van der Waals surface area contributed by atoms with E-state index in [9.17, 15) is 13.2 Å². The summed E-state index contributed by atoms with van der Waals surface area (Å²) < 4.78 is 26.3. The van der Waals surface area contributed by atoms with Crippen LogP contribution < -0.4 is 10.0 Å². The Labute approximate surface area is 144 Å². The highest BCUT2D eigenvalue weighted by Gasteiger charge is 2.23. The number of likely N-dealkylation sites (tertiary alicyclic amines) is 1. The molecule has 0 bridgehead atoms. The zero-order chi connectivity index (χ0) is 17.9. The van der Waals surface area contributed by atoms with Crippen LogP contribution in [0.2, 0.25) is 0 Å². The van der Waals surface area contributed by atoms with Crippen molar-refractivity contribution in [3.8, 4) is 0 Å². The molecule has 24 heavy (non-hydrogen) atoms. The summed E-state index contributed by atoms with van der Waals surface area (Å²) >= 11 is 0. The largest absolute Gasteiger partial charge is 0.325 e. The van der Waals surface area contributed by atoms with E-state index in [1.54, 1.807) is 19.1 Å². The van der Waals surface area contributed by atoms with Crippen molar-refractivity contribution >= 4 is 21.6 Å². The third-order valence-corrected chi connectivity index (χ3v) is 5.90. The number of nitrogens with zero attached hydrogens (tertiary/aromatic N) is 1. The molecule has 0 spiro atoms. The van der Waals surface area contributed by atoms with Gasteiger partial charge in [-0.3, -0.25) is 9.69 Å². The van der Waals surface area contributed by atoms with Gasteiger partial charge < -0.3 is 5.32 Å². The first-order chi connectivity index (χ1) is 11.2. The smallest absolute Gasteiger partial charge is 0.240 e. The van der Waals surface area contributed by atoms with Crippen LogP contribution in [-0.2, 0) is 14.8 Å². The van der Waals surface area contributed by atoms with Gasteiger partial charge >= 0.3 is 0 Å². The number of nitrogens with one attached hydrogen (secondary N) is 2. The third kappa shape index (κ3) is 4.78. The lowest BCUT2D eigenvalue weighted by Gasteiger charge is -2.34. The van der Waals surface area contributed by atoms with Gasteiger partial charge in [-0.25, -0.2) is 13.1 Å². The predicted octanol–water partition coefficient (Wildman–Crippen LogP) is 1.82. The summed E-state index contributed by atoms with van der Waals surface area (Å²) in [4.78, 5) is 14.6. The number of carbonyl (C=O) groups is 1. The Morgan fingerprint density at radius 3 is 2.46 bits per heavy atom. The quantitative estimate of drug-likeness (QED) is 0.846. The fourth-order valence-electron chi connectivity index (χ4n) is 3.40. The molecule has 1 aromatic rings. The Morgan fingerprint density at radius 1 is 1.25 bits per heavy atom. The van der Waals surface area contributed by atoms with Gasteiger partial charge in [-0.2, -0.15) is 0 Å². The topological polar surface area (TPSA) is 78.5 Å². The molecule has 7 heteroatoms. The third-order valence-electron chi connectivity index (χ3n) is 4.34. The molecule has 1 saturated heterocycles. The summed E-state index contributed by atoms with van der Waals surface area (Å²) in [5, 5.41) is 2.81. The first-order valence-electron chi connectivity index (χ1n) is 8.27. The van der Waals surface area contributed by atoms with Crippen molar-refractivity contribution in [1.82, 2.24) is 9.62 Å². The molecular weight excluding hydrogens is 326 g/mol. The predicted molar refractivity (Wildman–Crippen MR) is 95.4 cm³/mol. The van der Waals surface area contributed by atoms with Gasteiger partial charge in [-0.1, -0.05) is 19.9 Å². The lowest BCUT2D eigenvalue weighted by atomic mass is 9.92. The average Bonchev–Trinajstić information content (AvgIpc) is 2.47. The second-order valence-corrected chi connectivity index (χ2v) is 8.73. The minimum atomic E-state index is -3.54. The molecule has 0 aromatic heterocycles. The molecule has 0 aliphatic carbocycles. The molecule has 1 aliphatic rings. The van der Waals surface area contributed by atoms with Crippen molar-refractivity contribution < 1.29 is 13.2 Å². The van der Waals surface area contributed by atoms with E-state index in [0.717, 1.165) is 13.1 Å². The van der Waals surface area contributed by atoms with Gasteiger partial charge in [-0.15, -0.1) is 0 Å². The number of hydrogen-bond donors (Lipinski definition) is 2. The van der Waals surface area contributed by atoms with Gasteiger partial charge in [0.2, 0.25) is 15.9 Å². The molecule has 2 atom stereocenters. The van der Waals surface area contributed by atoms with Gasteiger partial charge in [0, 0.05) is 18.8 Å². The first-order valence-corrected chi connectivity index (χ1v) is 9.76. The summed E-state index contributed by atoms with van der Waals surface area (Å²) in [5.41, 5.74) is 1.14. The Hall–Kier alpha value is -1.44. The monoisotopic (exact) mass is 353 g/mol. The molecule has 134 valence electrons. The van der Waals surface area contributed by atoms with E-state index in [2.05, 4.69) is 28.8 Å². The van der Waals surface area contributed by atoms with Crippen molar-refractivity contribution in [2.75, 3.05) is 32.0 Å². The number of rotatable bonds is 5. The zero-order valence-corrected chi connectivity index (χ0v) is 15.6. The summed E-state index contributed by atoms with van der Waals surface area (Å²) in [5.74, 6) is 1.06. The van der Waals surface area contributed by atoms with Crippen molar-refractivity contribution in [3.63, 3.8) is 0 Å². The fraction of sp³-hybridized carbons (Fsp3) is 0.588. The van der Waals surface area contributed by atoms with E-state index < -0.39 is 10.0 Å². The molecule has 0 unspecified atom stereocenters. The van der Waals surface area contributed by atoms with Crippen LogP contribution in [0.3, 0.4) is 0 Å². The Bertz CT molecular complexity index is 693. The highest BCUT2D eigenvalue weighted by atomic mass is 32.2. The lowest BCUT2D eigenvalue weighted by Crippen LogP contribution is -2.42. The van der Waals surface area contributed by atoms with Crippen LogP contribution in [0.15, 0.2) is 23.1 Å². The number of sulfonamides is 1. The molecule has 1 aromatic carbocycles. The van der Waals surface area contributed by atoms with E-state index in [1.165, 1.54) is 19.5 Å². The molecule has 1 fully saturated rings. The SMILES string of the molecule is CNS(=O)(=O)c1cc(NC(=O)CN2C[C@@H](C)C[C@H](C)C2)ccc1C. The van der Waals surface area contributed by atoms with Crippen LogP contribution >= 0.6 is 0 Å². The Kier molecular flexibility index (Phi) is 6.01. The lowest BCUT2D eigenvalue weighted by molar-refractivity contribution is -0.117. The second-order valence-electron chi connectivity index (χ2n) is 6.88. The molecule has 0 saturated carbocycles. The maximum atomic E-state index is 12.3. The highest BCUT2D eigenvalue weighted by Crippen LogP contribution is 2.22. The molecule has 1 amide bonds. The van der Waals surface area contributed by atoms with Crippen LogP contribution in [0.25, 0.3) is 0 Å². The van der Waals surface area contributed by atoms with Crippen molar-refractivity contribution in [3.05, 3.63) is 23.8 Å². The number of piperidine rings is 1. The maximum absolute atomic E-state index is 12.3. The normalized spacial score (nSPS) is 22.3. The van der Waals surface area contributed by atoms with Crippen molar-refractivity contribution in [2.24, 2.45) is 11.8 Å². The summed E-state index contributed by atoms with van der Waals surface area (Å²) in [7, 11) is -2.17. The second kappa shape index (κ2) is 7.63. The highest BCUT2D eigenvalue weighted by molar-refractivity contribution is 7.89. The van der Waals surface area contributed by atoms with Crippen LogP contribution in [0.1, 0.15) is 25.8 Å². The van der Waals surface area contributed by atoms with Crippen LogP contribution in [0.4, 0.5) is 5.69 Å². The van der Waals surface area contributed by atoms with Gasteiger partial charge in [-0.05, 0) is 49.9 Å². The Balaban J connectivity index is 2.05. The molecule has 6 nitrogen and oxygen atoms in total. The molecular formula is C17H27N3O3S. The molecule has 1 aliphatic heterocycles. The van der Waals surface area contributed by atoms with E-state index in [0.29, 0.717) is 29.6 Å². The minimum absolute atomic E-state index is 0.118. The average molecular weight is 353 g/mol. The van der Waals surface area contributed by atoms with Gasteiger partial charge in [0.25, 0.3) is 0 Å². The van der Waals surface area contributed by atoms with Crippen LogP contribution in [0.5, 0.6) is 0 Å². The number of carbonyl (C=O) groups excluding carboxylic acids is 1. The standard InChI is InChI=1S/C17H27N3O3S/c1-12-7-13(2)10-20(9-12)11-17(21)19-15-6-5-14(3)16(8-15)24(22,23)18-4/h5-6,8,12-13,18H,7,9-11H2,1-4H3,(H,19,21)/t12-,13-/m0/s1. The maximum Gasteiger partial charge on any atom is 0.240 e.